The minimum Gasteiger partial charge on any atom is -0.377 e. The van der Waals surface area contributed by atoms with E-state index in [0.29, 0.717) is 6.54 Å². The second-order valence-electron chi connectivity index (χ2n) is 5.40. The molecule has 1 heterocycles. The van der Waals surface area contributed by atoms with E-state index in [1.165, 1.54) is 0 Å². The number of carbonyl (C=O) groups is 1. The van der Waals surface area contributed by atoms with Crippen LogP contribution in [0, 0.1) is 5.92 Å². The zero-order valence-corrected chi connectivity index (χ0v) is 13.5. The van der Waals surface area contributed by atoms with Crippen molar-refractivity contribution in [2.75, 3.05) is 22.5 Å². The number of nitrogens with one attached hydrogen (secondary N) is 3. The summed E-state index contributed by atoms with van der Waals surface area (Å²) >= 11 is 5.16. The Morgan fingerprint density at radius 3 is 2.90 bits per heavy atom. The van der Waals surface area contributed by atoms with Crippen molar-refractivity contribution in [1.29, 1.82) is 0 Å². The Morgan fingerprint density at radius 2 is 2.19 bits per heavy atom. The number of carbonyl (C=O) groups excluding carboxylic acids is 1. The topological polar surface area (TPSA) is 53.2 Å². The molecule has 4 nitrogen and oxygen atoms in total. The summed E-state index contributed by atoms with van der Waals surface area (Å²) in [5.41, 5.74) is 2.75. The summed E-state index contributed by atoms with van der Waals surface area (Å²) in [5, 5.41) is 9.42. The lowest BCUT2D eigenvalue weighted by Crippen LogP contribution is -2.26. The second kappa shape index (κ2) is 7.41. The first-order valence-electron chi connectivity index (χ1n) is 7.62. The number of benzene rings is 1. The van der Waals surface area contributed by atoms with Crippen molar-refractivity contribution in [3.05, 3.63) is 18.2 Å². The number of hydrogen-bond donors (Lipinski definition) is 3. The van der Waals surface area contributed by atoms with Gasteiger partial charge in [-0.3, -0.25) is 4.79 Å². The number of unbranched alkanes of at least 4 members (excludes halogenated alkanes) is 1. The van der Waals surface area contributed by atoms with Crippen LogP contribution in [0.15, 0.2) is 18.2 Å². The standard InChI is InChI=1S/C16H23N3OS/c1-3-5-6-11(4-2)16(20)18-12-7-8-13-14(9-12)19-15(21)10-17-13/h7-9,11,17H,3-6,10H2,1-2H3,(H,18,20)(H,19,21). The average molecular weight is 305 g/mol. The van der Waals surface area contributed by atoms with Gasteiger partial charge in [0.05, 0.1) is 22.9 Å². The summed E-state index contributed by atoms with van der Waals surface area (Å²) in [6.45, 7) is 4.87. The monoisotopic (exact) mass is 305 g/mol. The van der Waals surface area contributed by atoms with Crippen molar-refractivity contribution in [2.24, 2.45) is 5.92 Å². The number of amides is 1. The van der Waals surface area contributed by atoms with Crippen LogP contribution in [-0.4, -0.2) is 17.4 Å². The van der Waals surface area contributed by atoms with E-state index in [-0.39, 0.29) is 11.8 Å². The summed E-state index contributed by atoms with van der Waals surface area (Å²) < 4.78 is 0. The number of hydrogen-bond acceptors (Lipinski definition) is 3. The highest BCUT2D eigenvalue weighted by Crippen LogP contribution is 2.28. The Bertz CT molecular complexity index is 530. The van der Waals surface area contributed by atoms with E-state index in [2.05, 4.69) is 29.8 Å². The van der Waals surface area contributed by atoms with Crippen LogP contribution in [0.25, 0.3) is 0 Å². The highest BCUT2D eigenvalue weighted by molar-refractivity contribution is 7.80. The first-order chi connectivity index (χ1) is 10.1. The van der Waals surface area contributed by atoms with Crippen LogP contribution in [0.2, 0.25) is 0 Å². The second-order valence-corrected chi connectivity index (χ2v) is 5.89. The lowest BCUT2D eigenvalue weighted by molar-refractivity contribution is -0.120. The van der Waals surface area contributed by atoms with Gasteiger partial charge in [0.15, 0.2) is 0 Å². The molecule has 0 aromatic heterocycles. The molecule has 0 aliphatic carbocycles. The van der Waals surface area contributed by atoms with Gasteiger partial charge in [0.2, 0.25) is 5.91 Å². The molecule has 114 valence electrons. The van der Waals surface area contributed by atoms with E-state index in [9.17, 15) is 4.79 Å². The van der Waals surface area contributed by atoms with Gasteiger partial charge < -0.3 is 16.0 Å². The minimum atomic E-state index is 0.0909. The van der Waals surface area contributed by atoms with Crippen molar-refractivity contribution in [3.63, 3.8) is 0 Å². The molecule has 1 amide bonds. The summed E-state index contributed by atoms with van der Waals surface area (Å²) in [6.07, 6.45) is 4.04. The lowest BCUT2D eigenvalue weighted by atomic mass is 9.98. The molecule has 0 spiro atoms. The van der Waals surface area contributed by atoms with Gasteiger partial charge in [-0.15, -0.1) is 0 Å². The Balaban J connectivity index is 2.03. The van der Waals surface area contributed by atoms with Crippen LogP contribution in [0.3, 0.4) is 0 Å². The molecule has 0 bridgehead atoms. The van der Waals surface area contributed by atoms with Crippen molar-refractivity contribution in [3.8, 4) is 0 Å². The predicted octanol–water partition coefficient (Wildman–Crippen LogP) is 4.01. The normalized spacial score (nSPS) is 14.7. The fourth-order valence-corrected chi connectivity index (χ4v) is 2.65. The molecular weight excluding hydrogens is 282 g/mol. The van der Waals surface area contributed by atoms with Crippen molar-refractivity contribution < 1.29 is 4.79 Å². The lowest BCUT2D eigenvalue weighted by Gasteiger charge is -2.22. The zero-order chi connectivity index (χ0) is 15.2. The van der Waals surface area contributed by atoms with Gasteiger partial charge in [0.25, 0.3) is 0 Å². The van der Waals surface area contributed by atoms with Crippen LogP contribution >= 0.6 is 12.2 Å². The van der Waals surface area contributed by atoms with Crippen molar-refractivity contribution in [2.45, 2.75) is 39.5 Å². The smallest absolute Gasteiger partial charge is 0.227 e. The molecule has 2 rings (SSSR count). The Hall–Kier alpha value is -1.62. The molecule has 1 aliphatic heterocycles. The van der Waals surface area contributed by atoms with Crippen LogP contribution in [-0.2, 0) is 4.79 Å². The summed E-state index contributed by atoms with van der Waals surface area (Å²) in [5.74, 6) is 0.199. The summed E-state index contributed by atoms with van der Waals surface area (Å²) in [7, 11) is 0. The molecule has 0 radical (unpaired) electrons. The molecule has 0 saturated heterocycles. The van der Waals surface area contributed by atoms with Gasteiger partial charge in [-0.25, -0.2) is 0 Å². The molecule has 3 N–H and O–H groups in total. The largest absolute Gasteiger partial charge is 0.377 e. The molecule has 5 heteroatoms. The SMILES string of the molecule is CCCCC(CC)C(=O)Nc1ccc2c(c1)NC(=S)CN2. The molecule has 1 unspecified atom stereocenters. The summed E-state index contributed by atoms with van der Waals surface area (Å²) in [4.78, 5) is 13.1. The summed E-state index contributed by atoms with van der Waals surface area (Å²) in [6, 6.07) is 5.82. The molecule has 0 fully saturated rings. The first-order valence-corrected chi connectivity index (χ1v) is 8.03. The minimum absolute atomic E-state index is 0.0909. The van der Waals surface area contributed by atoms with Crippen LogP contribution in [0.5, 0.6) is 0 Å². The highest BCUT2D eigenvalue weighted by atomic mass is 32.1. The maximum Gasteiger partial charge on any atom is 0.227 e. The van der Waals surface area contributed by atoms with Gasteiger partial charge in [-0.05, 0) is 31.0 Å². The quantitative estimate of drug-likeness (QED) is 0.695. The van der Waals surface area contributed by atoms with E-state index in [4.69, 9.17) is 12.2 Å². The highest BCUT2D eigenvalue weighted by Gasteiger charge is 2.17. The molecule has 1 aromatic carbocycles. The van der Waals surface area contributed by atoms with E-state index in [0.717, 1.165) is 47.7 Å². The van der Waals surface area contributed by atoms with Gasteiger partial charge in [0, 0.05) is 11.6 Å². The Morgan fingerprint density at radius 1 is 1.38 bits per heavy atom. The third-order valence-corrected chi connectivity index (χ3v) is 4.02. The van der Waals surface area contributed by atoms with Crippen molar-refractivity contribution >= 4 is 40.2 Å². The molecule has 0 saturated carbocycles. The molecule has 1 aliphatic rings. The fraction of sp³-hybridized carbons (Fsp3) is 0.500. The number of fused-ring (bicyclic) bond motifs is 1. The van der Waals surface area contributed by atoms with Crippen LogP contribution < -0.4 is 16.0 Å². The fourth-order valence-electron chi connectivity index (χ4n) is 2.46. The number of rotatable bonds is 6. The van der Waals surface area contributed by atoms with Gasteiger partial charge in [-0.2, -0.15) is 0 Å². The number of anilines is 3. The maximum atomic E-state index is 12.3. The predicted molar refractivity (Wildman–Crippen MR) is 93.1 cm³/mol. The Kier molecular flexibility index (Phi) is 5.56. The van der Waals surface area contributed by atoms with Crippen molar-refractivity contribution in [1.82, 2.24) is 0 Å². The van der Waals surface area contributed by atoms with E-state index in [1.807, 2.05) is 18.2 Å². The van der Waals surface area contributed by atoms with Gasteiger partial charge in [-0.1, -0.05) is 38.9 Å². The first kappa shape index (κ1) is 15.8. The third-order valence-electron chi connectivity index (χ3n) is 3.77. The molecule has 21 heavy (non-hydrogen) atoms. The average Bonchev–Trinajstić information content (AvgIpc) is 2.47. The zero-order valence-electron chi connectivity index (χ0n) is 12.7. The van der Waals surface area contributed by atoms with E-state index < -0.39 is 0 Å². The molecular formula is C16H23N3OS. The van der Waals surface area contributed by atoms with Gasteiger partial charge in [0.1, 0.15) is 0 Å². The van der Waals surface area contributed by atoms with Gasteiger partial charge >= 0.3 is 0 Å². The maximum absolute atomic E-state index is 12.3. The van der Waals surface area contributed by atoms with E-state index in [1.54, 1.807) is 0 Å². The van der Waals surface area contributed by atoms with E-state index >= 15 is 0 Å². The van der Waals surface area contributed by atoms with Crippen LogP contribution in [0.4, 0.5) is 17.1 Å². The van der Waals surface area contributed by atoms with Crippen LogP contribution in [0.1, 0.15) is 39.5 Å². The Labute approximate surface area is 131 Å². The third kappa shape index (κ3) is 4.17. The number of thiocarbonyl (C=S) groups is 1. The molecule has 1 atom stereocenters. The molecule has 1 aromatic rings.